The number of nitrogens with one attached hydrogen (secondary N) is 1. The van der Waals surface area contributed by atoms with Crippen LogP contribution in [0.3, 0.4) is 0 Å². The molecule has 0 heterocycles. The van der Waals surface area contributed by atoms with Crippen LogP contribution < -0.4 is 4.72 Å². The fourth-order valence-corrected chi connectivity index (χ4v) is 3.35. The summed E-state index contributed by atoms with van der Waals surface area (Å²) in [4.78, 5) is -0.280. The molecule has 22 heavy (non-hydrogen) atoms. The molecule has 118 valence electrons. The molecule has 0 bridgehead atoms. The van der Waals surface area contributed by atoms with E-state index in [4.69, 9.17) is 0 Å². The van der Waals surface area contributed by atoms with Crippen LogP contribution in [-0.4, -0.2) is 14.5 Å². The maximum Gasteiger partial charge on any atom is 0.240 e. The number of benzene rings is 2. The van der Waals surface area contributed by atoms with Gasteiger partial charge in [-0.25, -0.2) is 21.9 Å². The van der Waals surface area contributed by atoms with Gasteiger partial charge in [0.05, 0.1) is 4.90 Å². The molecule has 2 aromatic rings. The minimum absolute atomic E-state index is 0.280. The molecule has 2 aromatic carbocycles. The molecule has 6 heteroatoms. The summed E-state index contributed by atoms with van der Waals surface area (Å²) in [5.74, 6) is -2.25. The highest BCUT2D eigenvalue weighted by Gasteiger charge is 2.19. The Morgan fingerprint density at radius 1 is 1.05 bits per heavy atom. The van der Waals surface area contributed by atoms with Gasteiger partial charge in [-0.2, -0.15) is 0 Å². The Balaban J connectivity index is 2.00. The van der Waals surface area contributed by atoms with Crippen LogP contribution >= 0.6 is 0 Å². The molecule has 0 radical (unpaired) electrons. The van der Waals surface area contributed by atoms with E-state index in [1.54, 1.807) is 6.92 Å². The van der Waals surface area contributed by atoms with Gasteiger partial charge in [-0.1, -0.05) is 30.3 Å². The number of hydrogen-bond donors (Lipinski definition) is 1. The molecule has 0 unspecified atom stereocenters. The van der Waals surface area contributed by atoms with Gasteiger partial charge in [0.15, 0.2) is 11.6 Å². The first-order valence-corrected chi connectivity index (χ1v) is 8.38. The van der Waals surface area contributed by atoms with Gasteiger partial charge in [0, 0.05) is 6.04 Å². The molecule has 0 saturated carbocycles. The van der Waals surface area contributed by atoms with E-state index in [9.17, 15) is 17.2 Å². The van der Waals surface area contributed by atoms with Crippen molar-refractivity contribution >= 4 is 10.0 Å². The van der Waals surface area contributed by atoms with Gasteiger partial charge in [-0.15, -0.1) is 0 Å². The van der Waals surface area contributed by atoms with E-state index in [0.717, 1.165) is 24.1 Å². The summed E-state index contributed by atoms with van der Waals surface area (Å²) in [6.07, 6.45) is 1.33. The highest BCUT2D eigenvalue weighted by molar-refractivity contribution is 7.89. The Hall–Kier alpha value is -1.79. The van der Waals surface area contributed by atoms with Gasteiger partial charge in [-0.05, 0) is 43.5 Å². The van der Waals surface area contributed by atoms with E-state index < -0.39 is 21.7 Å². The molecule has 0 saturated heterocycles. The third-order valence-electron chi connectivity index (χ3n) is 3.27. The Morgan fingerprint density at radius 2 is 1.73 bits per heavy atom. The second-order valence-corrected chi connectivity index (χ2v) is 6.84. The number of rotatable bonds is 6. The van der Waals surface area contributed by atoms with Crippen molar-refractivity contribution in [2.24, 2.45) is 0 Å². The Morgan fingerprint density at radius 3 is 2.36 bits per heavy atom. The maximum atomic E-state index is 13.1. The summed E-state index contributed by atoms with van der Waals surface area (Å²) in [6.45, 7) is 1.74. The van der Waals surface area contributed by atoms with Crippen molar-refractivity contribution in [1.29, 1.82) is 0 Å². The molecule has 0 spiro atoms. The first kappa shape index (κ1) is 16.6. The van der Waals surface area contributed by atoms with Crippen molar-refractivity contribution in [3.8, 4) is 0 Å². The van der Waals surface area contributed by atoms with E-state index in [2.05, 4.69) is 4.72 Å². The summed E-state index contributed by atoms with van der Waals surface area (Å²) in [6, 6.07) is 11.9. The van der Waals surface area contributed by atoms with E-state index >= 15 is 0 Å². The third-order valence-corrected chi connectivity index (χ3v) is 4.85. The normalized spacial score (nSPS) is 13.0. The first-order valence-electron chi connectivity index (χ1n) is 6.90. The molecular weight excluding hydrogens is 308 g/mol. The maximum absolute atomic E-state index is 13.1. The molecule has 0 fully saturated rings. The summed E-state index contributed by atoms with van der Waals surface area (Å²) in [5.41, 5.74) is 1.11. The second-order valence-electron chi connectivity index (χ2n) is 5.12. The van der Waals surface area contributed by atoms with Crippen LogP contribution in [0, 0.1) is 11.6 Å². The predicted octanol–water partition coefficient (Wildman–Crippen LogP) is 3.26. The Kier molecular flexibility index (Phi) is 5.26. The van der Waals surface area contributed by atoms with E-state index in [-0.39, 0.29) is 10.9 Å². The van der Waals surface area contributed by atoms with Crippen molar-refractivity contribution in [3.05, 3.63) is 65.7 Å². The molecule has 0 aromatic heterocycles. The zero-order chi connectivity index (χ0) is 16.2. The fraction of sp³-hybridized carbons (Fsp3) is 0.250. The van der Waals surface area contributed by atoms with Crippen LogP contribution in [0.5, 0.6) is 0 Å². The standard InChI is InChI=1S/C16H17F2NO2S/c1-12(7-8-13-5-3-2-4-6-13)19-22(20,21)14-9-10-15(17)16(18)11-14/h2-6,9-12,19H,7-8H2,1H3/t12-/m1/s1. The first-order chi connectivity index (χ1) is 10.4. The molecule has 1 atom stereocenters. The van der Waals surface area contributed by atoms with Gasteiger partial charge >= 0.3 is 0 Å². The zero-order valence-corrected chi connectivity index (χ0v) is 12.9. The lowest BCUT2D eigenvalue weighted by Gasteiger charge is -2.14. The fourth-order valence-electron chi connectivity index (χ4n) is 2.06. The molecule has 1 N–H and O–H groups in total. The summed E-state index contributed by atoms with van der Waals surface area (Å²) < 4.78 is 52.7. The largest absolute Gasteiger partial charge is 0.240 e. The average molecular weight is 325 g/mol. The van der Waals surface area contributed by atoms with Crippen LogP contribution in [-0.2, 0) is 16.4 Å². The van der Waals surface area contributed by atoms with Gasteiger partial charge < -0.3 is 0 Å². The van der Waals surface area contributed by atoms with Gasteiger partial charge in [0.25, 0.3) is 0 Å². The van der Waals surface area contributed by atoms with Crippen LogP contribution in [0.15, 0.2) is 53.4 Å². The highest BCUT2D eigenvalue weighted by Crippen LogP contribution is 2.15. The summed E-state index contributed by atoms with van der Waals surface area (Å²) in [7, 11) is -3.86. The lowest BCUT2D eigenvalue weighted by Crippen LogP contribution is -2.33. The summed E-state index contributed by atoms with van der Waals surface area (Å²) in [5, 5.41) is 0. The van der Waals surface area contributed by atoms with Crippen molar-refractivity contribution in [1.82, 2.24) is 4.72 Å². The van der Waals surface area contributed by atoms with Crippen LogP contribution in [0.1, 0.15) is 18.9 Å². The minimum Gasteiger partial charge on any atom is -0.208 e. The van der Waals surface area contributed by atoms with E-state index in [1.165, 1.54) is 0 Å². The zero-order valence-electron chi connectivity index (χ0n) is 12.1. The quantitative estimate of drug-likeness (QED) is 0.886. The van der Waals surface area contributed by atoms with Crippen molar-refractivity contribution in [3.63, 3.8) is 0 Å². The van der Waals surface area contributed by atoms with Crippen molar-refractivity contribution in [2.45, 2.75) is 30.7 Å². The molecule has 0 amide bonds. The van der Waals surface area contributed by atoms with Crippen molar-refractivity contribution < 1.29 is 17.2 Å². The van der Waals surface area contributed by atoms with Crippen LogP contribution in [0.25, 0.3) is 0 Å². The lowest BCUT2D eigenvalue weighted by atomic mass is 10.1. The van der Waals surface area contributed by atoms with Crippen LogP contribution in [0.2, 0.25) is 0 Å². The number of aryl methyl sites for hydroxylation is 1. The second kappa shape index (κ2) is 6.98. The van der Waals surface area contributed by atoms with Crippen LogP contribution in [0.4, 0.5) is 8.78 Å². The van der Waals surface area contributed by atoms with Gasteiger partial charge in [0.2, 0.25) is 10.0 Å². The smallest absolute Gasteiger partial charge is 0.208 e. The Labute approximate surface area is 129 Å². The molecule has 0 aliphatic heterocycles. The topological polar surface area (TPSA) is 46.2 Å². The van der Waals surface area contributed by atoms with Gasteiger partial charge in [0.1, 0.15) is 0 Å². The highest BCUT2D eigenvalue weighted by atomic mass is 32.2. The Bertz CT molecular complexity index is 733. The van der Waals surface area contributed by atoms with Gasteiger partial charge in [-0.3, -0.25) is 0 Å². The lowest BCUT2D eigenvalue weighted by molar-refractivity contribution is 0.503. The van der Waals surface area contributed by atoms with E-state index in [0.29, 0.717) is 12.5 Å². The SMILES string of the molecule is C[C@H](CCc1ccccc1)NS(=O)(=O)c1ccc(F)c(F)c1. The average Bonchev–Trinajstić information content (AvgIpc) is 2.48. The molecular formula is C16H17F2NO2S. The van der Waals surface area contributed by atoms with Crippen molar-refractivity contribution in [2.75, 3.05) is 0 Å². The number of hydrogen-bond acceptors (Lipinski definition) is 2. The summed E-state index contributed by atoms with van der Waals surface area (Å²) >= 11 is 0. The van der Waals surface area contributed by atoms with E-state index in [1.807, 2.05) is 30.3 Å². The monoisotopic (exact) mass is 325 g/mol. The number of sulfonamides is 1. The minimum atomic E-state index is -3.86. The molecule has 0 aliphatic rings. The molecule has 3 nitrogen and oxygen atoms in total. The predicted molar refractivity (Wildman–Crippen MR) is 80.9 cm³/mol. The number of halogens is 2. The third kappa shape index (κ3) is 4.35. The molecule has 2 rings (SSSR count). The molecule has 0 aliphatic carbocycles.